The Morgan fingerprint density at radius 1 is 1.16 bits per heavy atom. The van der Waals surface area contributed by atoms with Crippen LogP contribution in [0.5, 0.6) is 5.75 Å². The minimum Gasteiger partial charge on any atom is -0.497 e. The molecule has 1 amide bonds. The second-order valence-corrected chi connectivity index (χ2v) is 7.93. The van der Waals surface area contributed by atoms with Crippen molar-refractivity contribution in [2.24, 2.45) is 0 Å². The zero-order valence-electron chi connectivity index (χ0n) is 16.7. The van der Waals surface area contributed by atoms with Crippen molar-refractivity contribution < 1.29 is 14.1 Å². The van der Waals surface area contributed by atoms with Crippen molar-refractivity contribution in [2.75, 3.05) is 12.4 Å². The highest BCUT2D eigenvalue weighted by Gasteiger charge is 2.13. The van der Waals surface area contributed by atoms with E-state index in [0.29, 0.717) is 46.7 Å². The number of aryl methyl sites for hydroxylation is 1. The van der Waals surface area contributed by atoms with E-state index in [1.807, 2.05) is 47.8 Å². The summed E-state index contributed by atoms with van der Waals surface area (Å²) in [5, 5.41) is 9.84. The fraction of sp³-hybridized carbons (Fsp3) is 0.182. The van der Waals surface area contributed by atoms with Gasteiger partial charge in [0, 0.05) is 29.3 Å². The number of methoxy groups -OCH3 is 1. The summed E-state index contributed by atoms with van der Waals surface area (Å²) in [5.41, 5.74) is 2.48. The molecule has 0 atom stereocenters. The predicted molar refractivity (Wildman–Crippen MR) is 120 cm³/mol. The van der Waals surface area contributed by atoms with Crippen molar-refractivity contribution in [3.63, 3.8) is 0 Å². The number of carbonyl (C=O) groups excluding carboxylic acids is 1. The summed E-state index contributed by atoms with van der Waals surface area (Å²) in [6.07, 6.45) is 1.40. The van der Waals surface area contributed by atoms with Gasteiger partial charge in [-0.3, -0.25) is 4.79 Å². The Morgan fingerprint density at radius 3 is 2.74 bits per heavy atom. The molecular formula is C22H19ClN4O3S. The Hall–Kier alpha value is -3.23. The van der Waals surface area contributed by atoms with Gasteiger partial charge in [-0.2, -0.15) is 4.98 Å². The van der Waals surface area contributed by atoms with E-state index in [9.17, 15) is 4.79 Å². The van der Waals surface area contributed by atoms with Crippen molar-refractivity contribution in [1.82, 2.24) is 15.1 Å². The van der Waals surface area contributed by atoms with Gasteiger partial charge in [-0.1, -0.05) is 28.9 Å². The number of rotatable bonds is 8. The first-order valence-electron chi connectivity index (χ1n) is 9.59. The topological polar surface area (TPSA) is 90.1 Å². The van der Waals surface area contributed by atoms with Crippen molar-refractivity contribution in [3.8, 4) is 28.4 Å². The fourth-order valence-corrected chi connectivity index (χ4v) is 3.87. The first-order chi connectivity index (χ1) is 15.1. The highest BCUT2D eigenvalue weighted by molar-refractivity contribution is 7.14. The molecule has 0 spiro atoms. The van der Waals surface area contributed by atoms with Crippen LogP contribution in [0.25, 0.3) is 22.6 Å². The van der Waals surface area contributed by atoms with Crippen molar-refractivity contribution in [1.29, 1.82) is 0 Å². The second-order valence-electron chi connectivity index (χ2n) is 6.66. The van der Waals surface area contributed by atoms with Crippen LogP contribution in [0.1, 0.15) is 18.7 Å². The van der Waals surface area contributed by atoms with Crippen LogP contribution in [0.15, 0.2) is 58.4 Å². The molecule has 0 aliphatic rings. The van der Waals surface area contributed by atoms with Crippen LogP contribution in [-0.2, 0) is 11.2 Å². The average Bonchev–Trinajstić information content (AvgIpc) is 3.44. The molecule has 4 aromatic rings. The SMILES string of the molecule is COc1ccc(-c2csc(NC(=O)CCCc3nc(-c4ccccc4Cl)no3)n2)cc1. The molecule has 0 unspecified atom stereocenters. The predicted octanol–water partition coefficient (Wildman–Crippen LogP) is 5.48. The monoisotopic (exact) mass is 454 g/mol. The van der Waals surface area contributed by atoms with E-state index >= 15 is 0 Å². The summed E-state index contributed by atoms with van der Waals surface area (Å²) in [7, 11) is 1.63. The van der Waals surface area contributed by atoms with Gasteiger partial charge >= 0.3 is 0 Å². The van der Waals surface area contributed by atoms with Crippen LogP contribution in [0.4, 0.5) is 5.13 Å². The molecule has 1 N–H and O–H groups in total. The van der Waals surface area contributed by atoms with Gasteiger partial charge in [0.05, 0.1) is 17.8 Å². The zero-order valence-corrected chi connectivity index (χ0v) is 18.2. The smallest absolute Gasteiger partial charge is 0.226 e. The first-order valence-corrected chi connectivity index (χ1v) is 10.9. The van der Waals surface area contributed by atoms with Crippen LogP contribution < -0.4 is 10.1 Å². The molecule has 0 radical (unpaired) electrons. The third-order valence-electron chi connectivity index (χ3n) is 4.51. The van der Waals surface area contributed by atoms with Crippen molar-refractivity contribution in [2.45, 2.75) is 19.3 Å². The number of hydrogen-bond acceptors (Lipinski definition) is 7. The second kappa shape index (κ2) is 9.72. The molecule has 0 bridgehead atoms. The lowest BCUT2D eigenvalue weighted by atomic mass is 10.2. The van der Waals surface area contributed by atoms with Gasteiger partial charge in [0.2, 0.25) is 17.6 Å². The Morgan fingerprint density at radius 2 is 1.97 bits per heavy atom. The number of anilines is 1. The number of nitrogens with zero attached hydrogens (tertiary/aromatic N) is 3. The van der Waals surface area contributed by atoms with Gasteiger partial charge in [-0.25, -0.2) is 4.98 Å². The molecule has 0 fully saturated rings. The number of ether oxygens (including phenoxy) is 1. The van der Waals surface area contributed by atoms with Crippen LogP contribution in [0.3, 0.4) is 0 Å². The van der Waals surface area contributed by atoms with Crippen LogP contribution in [0, 0.1) is 0 Å². The van der Waals surface area contributed by atoms with E-state index in [2.05, 4.69) is 20.4 Å². The molecule has 158 valence electrons. The summed E-state index contributed by atoms with van der Waals surface area (Å²) in [4.78, 5) is 21.1. The molecule has 0 saturated carbocycles. The summed E-state index contributed by atoms with van der Waals surface area (Å²) in [6, 6.07) is 14.9. The third-order valence-corrected chi connectivity index (χ3v) is 5.60. The number of amides is 1. The highest BCUT2D eigenvalue weighted by Crippen LogP contribution is 2.27. The Balaban J connectivity index is 1.27. The molecule has 31 heavy (non-hydrogen) atoms. The van der Waals surface area contributed by atoms with Gasteiger partial charge in [-0.15, -0.1) is 11.3 Å². The average molecular weight is 455 g/mol. The molecule has 4 rings (SSSR count). The first kappa shape index (κ1) is 21.0. The normalized spacial score (nSPS) is 10.8. The molecule has 0 aliphatic heterocycles. The molecule has 0 saturated heterocycles. The molecule has 2 aromatic heterocycles. The van der Waals surface area contributed by atoms with Gasteiger partial charge in [-0.05, 0) is 42.8 Å². The molecular weight excluding hydrogens is 436 g/mol. The maximum Gasteiger partial charge on any atom is 0.226 e. The lowest BCUT2D eigenvalue weighted by Gasteiger charge is -2.01. The van der Waals surface area contributed by atoms with Crippen molar-refractivity contribution >= 4 is 34.0 Å². The summed E-state index contributed by atoms with van der Waals surface area (Å²) >= 11 is 7.55. The Labute approximate surface area is 188 Å². The van der Waals surface area contributed by atoms with E-state index in [1.54, 1.807) is 13.2 Å². The van der Waals surface area contributed by atoms with Gasteiger partial charge in [0.1, 0.15) is 5.75 Å². The Bertz CT molecular complexity index is 1170. The summed E-state index contributed by atoms with van der Waals surface area (Å²) < 4.78 is 10.4. The van der Waals surface area contributed by atoms with Gasteiger partial charge in [0.15, 0.2) is 5.13 Å². The van der Waals surface area contributed by atoms with Crippen LogP contribution >= 0.6 is 22.9 Å². The number of hydrogen-bond donors (Lipinski definition) is 1. The minimum absolute atomic E-state index is 0.110. The summed E-state index contributed by atoms with van der Waals surface area (Å²) in [5.74, 6) is 1.59. The van der Waals surface area contributed by atoms with E-state index in [1.165, 1.54) is 11.3 Å². The number of nitrogens with one attached hydrogen (secondary N) is 1. The molecule has 2 heterocycles. The van der Waals surface area contributed by atoms with Crippen LogP contribution in [0.2, 0.25) is 5.02 Å². The highest BCUT2D eigenvalue weighted by atomic mass is 35.5. The number of carbonyl (C=O) groups is 1. The Kier molecular flexibility index (Phi) is 6.59. The lowest BCUT2D eigenvalue weighted by Crippen LogP contribution is -2.11. The third kappa shape index (κ3) is 5.28. The molecule has 9 heteroatoms. The zero-order chi connectivity index (χ0) is 21.6. The largest absolute Gasteiger partial charge is 0.497 e. The number of thiazole rings is 1. The van der Waals surface area contributed by atoms with E-state index in [-0.39, 0.29) is 5.91 Å². The minimum atomic E-state index is -0.110. The van der Waals surface area contributed by atoms with E-state index in [0.717, 1.165) is 17.0 Å². The van der Waals surface area contributed by atoms with Crippen molar-refractivity contribution in [3.05, 3.63) is 64.8 Å². The fourth-order valence-electron chi connectivity index (χ4n) is 2.92. The number of benzene rings is 2. The number of halogens is 1. The van der Waals surface area contributed by atoms with Gasteiger partial charge < -0.3 is 14.6 Å². The van der Waals surface area contributed by atoms with Crippen LogP contribution in [-0.4, -0.2) is 28.1 Å². The molecule has 2 aromatic carbocycles. The maximum absolute atomic E-state index is 12.3. The molecule has 7 nitrogen and oxygen atoms in total. The maximum atomic E-state index is 12.3. The lowest BCUT2D eigenvalue weighted by molar-refractivity contribution is -0.116. The molecule has 0 aliphatic carbocycles. The van der Waals surface area contributed by atoms with Gasteiger partial charge in [0.25, 0.3) is 0 Å². The summed E-state index contributed by atoms with van der Waals surface area (Å²) in [6.45, 7) is 0. The van der Waals surface area contributed by atoms with E-state index < -0.39 is 0 Å². The number of aromatic nitrogens is 3. The quantitative estimate of drug-likeness (QED) is 0.379. The van der Waals surface area contributed by atoms with E-state index in [4.69, 9.17) is 20.9 Å². The standard InChI is InChI=1S/C22H19ClN4O3S/c1-29-15-11-9-14(10-12-15)18-13-31-22(24-18)25-19(28)7-4-8-20-26-21(27-30-20)16-5-2-3-6-17(16)23/h2-3,5-6,9-13H,4,7-8H2,1H3,(H,24,25,28).